The van der Waals surface area contributed by atoms with Crippen LogP contribution in [0.2, 0.25) is 0 Å². The lowest BCUT2D eigenvalue weighted by Crippen LogP contribution is -2.06. The summed E-state index contributed by atoms with van der Waals surface area (Å²) in [5.41, 5.74) is 9.73. The number of aliphatic hydroxyl groups is 1. The number of phenols is 8. The molecule has 0 amide bonds. The van der Waals surface area contributed by atoms with Crippen molar-refractivity contribution in [1.82, 2.24) is 0 Å². The molecule has 0 saturated carbocycles. The molecule has 260 valence electrons. The normalized spacial score (nSPS) is 12.3. The van der Waals surface area contributed by atoms with Gasteiger partial charge in [0.2, 0.25) is 23.0 Å². The molecule has 1 heterocycles. The van der Waals surface area contributed by atoms with E-state index in [-0.39, 0.29) is 32.7 Å². The SMILES string of the molecule is NCCC(O)c1ccc2oc3cc(-c4ccc(-c5c6c(O)c(O)c(O)c(O)c6c(-c6ccccc6)c6c(O)c(O)c(O)c(O)c56)cc4)ccc3c2c1. The van der Waals surface area contributed by atoms with Gasteiger partial charge in [0.25, 0.3) is 0 Å². The van der Waals surface area contributed by atoms with Crippen molar-refractivity contribution in [1.29, 1.82) is 0 Å². The smallest absolute Gasteiger partial charge is 0.204 e. The topological polar surface area (TPSA) is 221 Å². The van der Waals surface area contributed by atoms with Crippen LogP contribution < -0.4 is 5.73 Å². The quantitative estimate of drug-likeness (QED) is 0.0457. The van der Waals surface area contributed by atoms with Crippen LogP contribution in [0.1, 0.15) is 18.1 Å². The second-order valence-electron chi connectivity index (χ2n) is 12.6. The standard InChI is InChI=1S/C41H31NO10/c42-15-14-25(43)22-11-13-26-24(16-22)23-12-10-21(17-27(23)52-26)18-6-8-20(9-7-18)29-32-30(34(44)38(48)40(50)36(32)46)28(19-4-2-1-3-5-19)31-33(29)37(47)41(51)39(49)35(31)45/h1-13,16-17,25,43-51H,14-15,42H2. The zero-order chi connectivity index (χ0) is 36.6. The van der Waals surface area contributed by atoms with Gasteiger partial charge in [-0.25, -0.2) is 0 Å². The summed E-state index contributed by atoms with van der Waals surface area (Å²) in [6.45, 7) is 0.352. The molecule has 0 radical (unpaired) electrons. The van der Waals surface area contributed by atoms with Crippen LogP contribution >= 0.6 is 0 Å². The van der Waals surface area contributed by atoms with E-state index in [4.69, 9.17) is 10.2 Å². The van der Waals surface area contributed by atoms with Crippen molar-refractivity contribution in [3.63, 3.8) is 0 Å². The lowest BCUT2D eigenvalue weighted by molar-refractivity contribution is 0.170. The van der Waals surface area contributed by atoms with Crippen molar-refractivity contribution in [3.05, 3.63) is 96.6 Å². The summed E-state index contributed by atoms with van der Waals surface area (Å²) in [6.07, 6.45) is -0.263. The summed E-state index contributed by atoms with van der Waals surface area (Å²) in [5, 5.41) is 99.5. The van der Waals surface area contributed by atoms with Gasteiger partial charge in [-0.1, -0.05) is 66.7 Å². The van der Waals surface area contributed by atoms with Crippen LogP contribution in [0.5, 0.6) is 46.0 Å². The average Bonchev–Trinajstić information content (AvgIpc) is 3.54. The molecule has 1 aromatic heterocycles. The number of nitrogens with two attached hydrogens (primary N) is 1. The first kappa shape index (κ1) is 32.4. The highest BCUT2D eigenvalue weighted by molar-refractivity contribution is 6.28. The lowest BCUT2D eigenvalue weighted by Gasteiger charge is -2.22. The molecule has 52 heavy (non-hydrogen) atoms. The van der Waals surface area contributed by atoms with E-state index in [0.29, 0.717) is 35.3 Å². The second kappa shape index (κ2) is 11.9. The number of benzene rings is 7. The summed E-state index contributed by atoms with van der Waals surface area (Å²) in [7, 11) is 0. The van der Waals surface area contributed by atoms with Crippen LogP contribution in [-0.2, 0) is 0 Å². The van der Waals surface area contributed by atoms with Gasteiger partial charge in [-0.05, 0) is 65.0 Å². The first-order valence-electron chi connectivity index (χ1n) is 16.3. The molecule has 8 aromatic rings. The lowest BCUT2D eigenvalue weighted by atomic mass is 9.83. The third kappa shape index (κ3) is 4.68. The number of aromatic hydroxyl groups is 8. The number of aliphatic hydroxyl groups excluding tert-OH is 1. The average molecular weight is 698 g/mol. The summed E-state index contributed by atoms with van der Waals surface area (Å²) < 4.78 is 6.14. The summed E-state index contributed by atoms with van der Waals surface area (Å²) in [4.78, 5) is 0. The molecule has 1 unspecified atom stereocenters. The fourth-order valence-electron chi connectivity index (χ4n) is 7.14. The molecule has 11 N–H and O–H groups in total. The van der Waals surface area contributed by atoms with E-state index >= 15 is 0 Å². The highest BCUT2D eigenvalue weighted by Gasteiger charge is 2.32. The molecule has 7 aromatic carbocycles. The van der Waals surface area contributed by atoms with Gasteiger partial charge < -0.3 is 56.1 Å². The van der Waals surface area contributed by atoms with Crippen molar-refractivity contribution >= 4 is 43.5 Å². The van der Waals surface area contributed by atoms with Gasteiger partial charge in [0, 0.05) is 43.4 Å². The Labute approximate surface area is 294 Å². The molecule has 11 heteroatoms. The van der Waals surface area contributed by atoms with Gasteiger partial charge in [0.1, 0.15) is 11.2 Å². The number of hydrogen-bond donors (Lipinski definition) is 10. The van der Waals surface area contributed by atoms with E-state index in [2.05, 4.69) is 0 Å². The van der Waals surface area contributed by atoms with Crippen molar-refractivity contribution < 1.29 is 50.4 Å². The monoisotopic (exact) mass is 697 g/mol. The largest absolute Gasteiger partial charge is 0.504 e. The summed E-state index contributed by atoms with van der Waals surface area (Å²) in [5.74, 6) is -7.49. The highest BCUT2D eigenvalue weighted by Crippen LogP contribution is 2.61. The van der Waals surface area contributed by atoms with Gasteiger partial charge in [0.05, 0.1) is 6.10 Å². The minimum Gasteiger partial charge on any atom is -0.504 e. The van der Waals surface area contributed by atoms with Gasteiger partial charge in [-0.2, -0.15) is 0 Å². The Balaban J connectivity index is 1.36. The molecule has 1 atom stereocenters. The first-order chi connectivity index (χ1) is 25.0. The van der Waals surface area contributed by atoms with Crippen molar-refractivity contribution in [2.45, 2.75) is 12.5 Å². The molecule has 0 aliphatic rings. The second-order valence-corrected chi connectivity index (χ2v) is 12.6. The number of hydrogen-bond acceptors (Lipinski definition) is 11. The predicted octanol–water partition coefficient (Wildman–Crippen LogP) is 7.92. The number of furan rings is 1. The van der Waals surface area contributed by atoms with Crippen molar-refractivity contribution in [2.75, 3.05) is 6.54 Å². The van der Waals surface area contributed by atoms with Gasteiger partial charge in [-0.3, -0.25) is 0 Å². The molecule has 0 spiro atoms. The molecule has 0 bridgehead atoms. The third-order valence-corrected chi connectivity index (χ3v) is 9.68. The Morgan fingerprint density at radius 1 is 0.462 bits per heavy atom. The minimum absolute atomic E-state index is 0.0164. The summed E-state index contributed by atoms with van der Waals surface area (Å²) >= 11 is 0. The molecular weight excluding hydrogens is 666 g/mol. The van der Waals surface area contributed by atoms with E-state index in [1.54, 1.807) is 54.6 Å². The van der Waals surface area contributed by atoms with Gasteiger partial charge >= 0.3 is 0 Å². The molecule has 11 nitrogen and oxygen atoms in total. The Morgan fingerprint density at radius 3 is 1.46 bits per heavy atom. The zero-order valence-corrected chi connectivity index (χ0v) is 27.2. The van der Waals surface area contributed by atoms with Crippen LogP contribution in [0.15, 0.2) is 95.4 Å². The van der Waals surface area contributed by atoms with Crippen LogP contribution in [0.4, 0.5) is 0 Å². The highest BCUT2D eigenvalue weighted by atomic mass is 16.4. The molecule has 0 aliphatic heterocycles. The van der Waals surface area contributed by atoms with Crippen molar-refractivity contribution in [3.8, 4) is 79.4 Å². The first-order valence-corrected chi connectivity index (χ1v) is 16.3. The van der Waals surface area contributed by atoms with E-state index in [9.17, 15) is 46.0 Å². The fraction of sp³-hybridized carbons (Fsp3) is 0.0732. The number of fused-ring (bicyclic) bond motifs is 5. The maximum Gasteiger partial charge on any atom is 0.204 e. The van der Waals surface area contributed by atoms with E-state index < -0.39 is 52.1 Å². The van der Waals surface area contributed by atoms with Crippen LogP contribution in [0.25, 0.3) is 76.9 Å². The fourth-order valence-corrected chi connectivity index (χ4v) is 7.14. The molecule has 0 saturated heterocycles. The number of rotatable bonds is 6. The number of phenolic OH excluding ortho intramolecular Hbond substituents is 8. The van der Waals surface area contributed by atoms with Crippen LogP contribution in [0, 0.1) is 0 Å². The van der Waals surface area contributed by atoms with Crippen LogP contribution in [-0.4, -0.2) is 52.5 Å². The minimum atomic E-state index is -1.03. The van der Waals surface area contributed by atoms with Crippen LogP contribution in [0.3, 0.4) is 0 Å². The molecule has 8 rings (SSSR count). The zero-order valence-electron chi connectivity index (χ0n) is 27.2. The van der Waals surface area contributed by atoms with E-state index in [1.165, 1.54) is 0 Å². The molecule has 0 fully saturated rings. The molecular formula is C41H31NO10. The Morgan fingerprint density at radius 2 is 0.942 bits per heavy atom. The van der Waals surface area contributed by atoms with Gasteiger partial charge in [-0.15, -0.1) is 0 Å². The molecule has 0 aliphatic carbocycles. The van der Waals surface area contributed by atoms with E-state index in [0.717, 1.165) is 27.5 Å². The maximum atomic E-state index is 11.4. The maximum absolute atomic E-state index is 11.4. The Kier molecular flexibility index (Phi) is 7.42. The Bertz CT molecular complexity index is 2660. The van der Waals surface area contributed by atoms with Crippen molar-refractivity contribution in [2.24, 2.45) is 5.73 Å². The predicted molar refractivity (Wildman–Crippen MR) is 197 cm³/mol. The van der Waals surface area contributed by atoms with E-state index in [1.807, 2.05) is 36.4 Å². The summed E-state index contributed by atoms with van der Waals surface area (Å²) in [6, 6.07) is 26.2. The third-order valence-electron chi connectivity index (χ3n) is 9.68. The Hall–Kier alpha value is -6.82. The van der Waals surface area contributed by atoms with Gasteiger partial charge in [0.15, 0.2) is 23.0 Å².